The fourth-order valence-electron chi connectivity index (χ4n) is 1.37. The number of sulfonamides is 1. The van der Waals surface area contributed by atoms with E-state index in [0.29, 0.717) is 6.54 Å². The van der Waals surface area contributed by atoms with Crippen LogP contribution in [0.4, 0.5) is 0 Å². The van der Waals surface area contributed by atoms with Crippen LogP contribution in [-0.4, -0.2) is 25.8 Å². The van der Waals surface area contributed by atoms with E-state index in [4.69, 9.17) is 5.73 Å². The van der Waals surface area contributed by atoms with E-state index in [2.05, 4.69) is 4.72 Å². The van der Waals surface area contributed by atoms with Gasteiger partial charge in [0.25, 0.3) is 0 Å². The molecule has 0 atom stereocenters. The Morgan fingerprint density at radius 1 is 1.46 bits per heavy atom. The van der Waals surface area contributed by atoms with Crippen molar-refractivity contribution < 1.29 is 8.42 Å². The fourth-order valence-corrected chi connectivity index (χ4v) is 2.50. The van der Waals surface area contributed by atoms with Gasteiger partial charge in [0, 0.05) is 12.1 Å². The first kappa shape index (κ1) is 10.9. The van der Waals surface area contributed by atoms with E-state index in [1.165, 1.54) is 0 Å². The third kappa shape index (κ3) is 2.21. The van der Waals surface area contributed by atoms with Crippen LogP contribution in [0.25, 0.3) is 0 Å². The van der Waals surface area contributed by atoms with Crippen molar-refractivity contribution in [3.63, 3.8) is 0 Å². The SMILES string of the molecule is CC(C)S(=O)(=O)NC1(CN)CCC1. The molecule has 0 bridgehead atoms. The zero-order valence-corrected chi connectivity index (χ0v) is 9.02. The van der Waals surface area contributed by atoms with Gasteiger partial charge in [-0.1, -0.05) is 0 Å². The van der Waals surface area contributed by atoms with Gasteiger partial charge in [-0.2, -0.15) is 0 Å². The molecule has 0 amide bonds. The Hall–Kier alpha value is -0.130. The summed E-state index contributed by atoms with van der Waals surface area (Å²) in [5.74, 6) is 0. The van der Waals surface area contributed by atoms with Crippen LogP contribution < -0.4 is 10.5 Å². The lowest BCUT2D eigenvalue weighted by Gasteiger charge is -2.41. The van der Waals surface area contributed by atoms with Crippen molar-refractivity contribution in [3.8, 4) is 0 Å². The highest BCUT2D eigenvalue weighted by Gasteiger charge is 2.39. The van der Waals surface area contributed by atoms with Gasteiger partial charge in [-0.25, -0.2) is 13.1 Å². The lowest BCUT2D eigenvalue weighted by atomic mass is 9.78. The predicted octanol–water partition coefficient (Wildman–Crippen LogP) is 0.196. The zero-order valence-electron chi connectivity index (χ0n) is 8.21. The molecule has 0 aromatic carbocycles. The van der Waals surface area contributed by atoms with E-state index >= 15 is 0 Å². The third-order valence-corrected chi connectivity index (χ3v) is 4.64. The van der Waals surface area contributed by atoms with E-state index < -0.39 is 10.0 Å². The Morgan fingerprint density at radius 3 is 2.23 bits per heavy atom. The van der Waals surface area contributed by atoms with Crippen LogP contribution in [0.1, 0.15) is 33.1 Å². The van der Waals surface area contributed by atoms with Crippen molar-refractivity contribution in [2.24, 2.45) is 5.73 Å². The zero-order chi connectivity index (χ0) is 10.1. The molecule has 1 aliphatic rings. The van der Waals surface area contributed by atoms with Gasteiger partial charge in [0.1, 0.15) is 0 Å². The first-order valence-corrected chi connectivity index (χ1v) is 6.19. The van der Waals surface area contributed by atoms with Gasteiger partial charge in [0.05, 0.1) is 5.25 Å². The van der Waals surface area contributed by atoms with Gasteiger partial charge in [-0.05, 0) is 33.1 Å². The summed E-state index contributed by atoms with van der Waals surface area (Å²) in [6, 6.07) is 0. The Bertz CT molecular complexity index is 262. The standard InChI is InChI=1S/C8H18N2O2S/c1-7(2)13(11,12)10-8(6-9)4-3-5-8/h7,10H,3-6,9H2,1-2H3. The van der Waals surface area contributed by atoms with E-state index in [0.717, 1.165) is 19.3 Å². The molecule has 5 heteroatoms. The predicted molar refractivity (Wildman–Crippen MR) is 52.8 cm³/mol. The van der Waals surface area contributed by atoms with Crippen LogP contribution in [0.15, 0.2) is 0 Å². The maximum Gasteiger partial charge on any atom is 0.214 e. The second-order valence-corrected chi connectivity index (χ2v) is 6.27. The molecule has 1 rings (SSSR count). The molecule has 4 nitrogen and oxygen atoms in total. The molecule has 1 aliphatic carbocycles. The summed E-state index contributed by atoms with van der Waals surface area (Å²) in [6.45, 7) is 3.75. The van der Waals surface area contributed by atoms with Gasteiger partial charge >= 0.3 is 0 Å². The van der Waals surface area contributed by atoms with E-state index in [9.17, 15) is 8.42 Å². The van der Waals surface area contributed by atoms with Gasteiger partial charge < -0.3 is 5.73 Å². The van der Waals surface area contributed by atoms with Crippen molar-refractivity contribution in [1.82, 2.24) is 4.72 Å². The molecule has 1 saturated carbocycles. The summed E-state index contributed by atoms with van der Waals surface area (Å²) in [7, 11) is -3.16. The molecule has 1 fully saturated rings. The molecule has 78 valence electrons. The number of nitrogens with one attached hydrogen (secondary N) is 1. The molecule has 0 unspecified atom stereocenters. The summed E-state index contributed by atoms with van der Waals surface area (Å²) in [4.78, 5) is 0. The van der Waals surface area contributed by atoms with Crippen LogP contribution in [0, 0.1) is 0 Å². The van der Waals surface area contributed by atoms with Crippen molar-refractivity contribution in [3.05, 3.63) is 0 Å². The second kappa shape index (κ2) is 3.55. The summed E-state index contributed by atoms with van der Waals surface area (Å²) < 4.78 is 25.8. The van der Waals surface area contributed by atoms with Crippen LogP contribution in [0.2, 0.25) is 0 Å². The molecule has 0 saturated heterocycles. The fraction of sp³-hybridized carbons (Fsp3) is 1.00. The summed E-state index contributed by atoms with van der Waals surface area (Å²) in [5, 5.41) is -0.378. The Balaban J connectivity index is 2.67. The number of nitrogens with two attached hydrogens (primary N) is 1. The molecule has 13 heavy (non-hydrogen) atoms. The van der Waals surface area contributed by atoms with Gasteiger partial charge in [0.2, 0.25) is 10.0 Å². The smallest absolute Gasteiger partial charge is 0.214 e. The summed E-state index contributed by atoms with van der Waals surface area (Å²) in [5.41, 5.74) is 5.22. The Morgan fingerprint density at radius 2 is 2.00 bits per heavy atom. The van der Waals surface area contributed by atoms with Crippen LogP contribution in [0.3, 0.4) is 0 Å². The van der Waals surface area contributed by atoms with E-state index in [-0.39, 0.29) is 10.8 Å². The first-order chi connectivity index (χ1) is 5.92. The van der Waals surface area contributed by atoms with Crippen molar-refractivity contribution in [2.75, 3.05) is 6.54 Å². The van der Waals surface area contributed by atoms with Crippen LogP contribution >= 0.6 is 0 Å². The Kier molecular flexibility index (Phi) is 2.99. The monoisotopic (exact) mass is 206 g/mol. The molecule has 3 N–H and O–H groups in total. The van der Waals surface area contributed by atoms with Gasteiger partial charge in [0.15, 0.2) is 0 Å². The van der Waals surface area contributed by atoms with Crippen LogP contribution in [0.5, 0.6) is 0 Å². The second-order valence-electron chi connectivity index (χ2n) is 4.03. The normalized spacial score (nSPS) is 21.5. The maximum absolute atomic E-state index is 11.5. The molecule has 0 aliphatic heterocycles. The first-order valence-electron chi connectivity index (χ1n) is 4.65. The van der Waals surface area contributed by atoms with Gasteiger partial charge in [-0.3, -0.25) is 0 Å². The average molecular weight is 206 g/mol. The molecule has 0 aromatic heterocycles. The van der Waals surface area contributed by atoms with E-state index in [1.807, 2.05) is 0 Å². The van der Waals surface area contributed by atoms with Crippen molar-refractivity contribution >= 4 is 10.0 Å². The lowest BCUT2D eigenvalue weighted by Crippen LogP contribution is -2.59. The molecule has 0 heterocycles. The summed E-state index contributed by atoms with van der Waals surface area (Å²) >= 11 is 0. The average Bonchev–Trinajstić information content (AvgIpc) is 1.96. The number of rotatable bonds is 4. The number of hydrogen-bond acceptors (Lipinski definition) is 3. The third-order valence-electron chi connectivity index (χ3n) is 2.68. The minimum atomic E-state index is -3.16. The minimum absolute atomic E-state index is 0.330. The highest BCUT2D eigenvalue weighted by molar-refractivity contribution is 7.90. The Labute approximate surface area is 79.9 Å². The minimum Gasteiger partial charge on any atom is -0.329 e. The largest absolute Gasteiger partial charge is 0.329 e. The van der Waals surface area contributed by atoms with Crippen molar-refractivity contribution in [1.29, 1.82) is 0 Å². The highest BCUT2D eigenvalue weighted by Crippen LogP contribution is 2.31. The van der Waals surface area contributed by atoms with Crippen LogP contribution in [-0.2, 0) is 10.0 Å². The quantitative estimate of drug-likeness (QED) is 0.690. The maximum atomic E-state index is 11.5. The number of hydrogen-bond donors (Lipinski definition) is 2. The molecule has 0 spiro atoms. The van der Waals surface area contributed by atoms with Crippen molar-refractivity contribution in [2.45, 2.75) is 43.9 Å². The lowest BCUT2D eigenvalue weighted by molar-refractivity contribution is 0.230. The molecule has 0 radical (unpaired) electrons. The topological polar surface area (TPSA) is 72.2 Å². The molecule has 0 aromatic rings. The molecular weight excluding hydrogens is 188 g/mol. The molecular formula is C8H18N2O2S. The van der Waals surface area contributed by atoms with E-state index in [1.54, 1.807) is 13.8 Å². The van der Waals surface area contributed by atoms with Gasteiger partial charge in [-0.15, -0.1) is 0 Å². The highest BCUT2D eigenvalue weighted by atomic mass is 32.2. The summed E-state index contributed by atoms with van der Waals surface area (Å²) in [6.07, 6.45) is 2.81.